The van der Waals surface area contributed by atoms with Crippen molar-refractivity contribution in [2.75, 3.05) is 0 Å². The fraction of sp³-hybridized carbons (Fsp3) is 0.269. The first-order valence-electron chi connectivity index (χ1n) is 19.9. The molecule has 0 unspecified atom stereocenters. The smallest absolute Gasteiger partial charge is 0.120 e. The molecule has 0 saturated heterocycles. The largest absolute Gasteiger partial charge is 0.508 e. The van der Waals surface area contributed by atoms with Gasteiger partial charge in [0.25, 0.3) is 0 Å². The van der Waals surface area contributed by atoms with Crippen LogP contribution in [0.3, 0.4) is 0 Å². The first kappa shape index (κ1) is 38.5. The summed E-state index contributed by atoms with van der Waals surface area (Å²) in [5.74, 6) is 3.15. The van der Waals surface area contributed by atoms with E-state index >= 15 is 0 Å². The van der Waals surface area contributed by atoms with E-state index in [1.54, 1.807) is 24.3 Å². The van der Waals surface area contributed by atoms with Gasteiger partial charge in [0.15, 0.2) is 0 Å². The number of hydrogen-bond acceptors (Lipinski definition) is 4. The SMILES string of the molecule is CC(C)(C)Oc1ccc2c(c1)CCC(c1ccccc1)=C2c1ccc(O)cc1.CC(C)(C)Oc1ccc2c(c1)CC[C@H](c1ccccc1)[C@@H]2c1ccc(O)cc1. The van der Waals surface area contributed by atoms with E-state index in [-0.39, 0.29) is 22.9 Å². The predicted octanol–water partition coefficient (Wildman–Crippen LogP) is 12.9. The highest BCUT2D eigenvalue weighted by Gasteiger charge is 2.32. The first-order valence-corrected chi connectivity index (χ1v) is 19.9. The van der Waals surface area contributed by atoms with Crippen molar-refractivity contribution in [3.63, 3.8) is 0 Å². The van der Waals surface area contributed by atoms with Crippen molar-refractivity contribution in [2.24, 2.45) is 0 Å². The molecule has 2 aliphatic carbocycles. The molecule has 0 amide bonds. The van der Waals surface area contributed by atoms with Crippen LogP contribution in [-0.2, 0) is 12.8 Å². The molecule has 6 aromatic carbocycles. The third-order valence-electron chi connectivity index (χ3n) is 10.5. The van der Waals surface area contributed by atoms with Crippen LogP contribution in [0.25, 0.3) is 11.1 Å². The Balaban J connectivity index is 0.000000172. The van der Waals surface area contributed by atoms with Gasteiger partial charge in [-0.1, -0.05) is 97.1 Å². The molecule has 2 atom stereocenters. The zero-order chi connectivity index (χ0) is 39.5. The highest BCUT2D eigenvalue weighted by molar-refractivity contribution is 6.00. The molecule has 4 heteroatoms. The fourth-order valence-electron chi connectivity index (χ4n) is 8.24. The normalized spacial score (nSPS) is 16.5. The molecule has 0 bridgehead atoms. The lowest BCUT2D eigenvalue weighted by atomic mass is 9.69. The first-order chi connectivity index (χ1) is 26.8. The summed E-state index contributed by atoms with van der Waals surface area (Å²) >= 11 is 0. The van der Waals surface area contributed by atoms with E-state index in [4.69, 9.17) is 9.47 Å². The van der Waals surface area contributed by atoms with E-state index in [0.29, 0.717) is 11.7 Å². The number of ether oxygens (including phenoxy) is 2. The number of fused-ring (bicyclic) bond motifs is 2. The molecule has 0 saturated carbocycles. The Hall–Kier alpha value is -5.74. The Morgan fingerprint density at radius 1 is 0.500 bits per heavy atom. The molecule has 8 rings (SSSR count). The van der Waals surface area contributed by atoms with E-state index in [1.807, 2.05) is 12.1 Å². The fourth-order valence-corrected chi connectivity index (χ4v) is 8.24. The van der Waals surface area contributed by atoms with Gasteiger partial charge in [-0.2, -0.15) is 0 Å². The quantitative estimate of drug-likeness (QED) is 0.178. The van der Waals surface area contributed by atoms with E-state index in [0.717, 1.165) is 42.7 Å². The molecule has 6 aromatic rings. The van der Waals surface area contributed by atoms with Gasteiger partial charge >= 0.3 is 0 Å². The van der Waals surface area contributed by atoms with Crippen molar-refractivity contribution in [1.29, 1.82) is 0 Å². The monoisotopic (exact) mass is 742 g/mol. The Labute approximate surface area is 333 Å². The number of aryl methyl sites for hydroxylation is 2. The minimum atomic E-state index is -0.215. The summed E-state index contributed by atoms with van der Waals surface area (Å²) in [5, 5.41) is 19.5. The van der Waals surface area contributed by atoms with Crippen LogP contribution in [0.1, 0.15) is 111 Å². The lowest BCUT2D eigenvalue weighted by Gasteiger charge is -2.35. The van der Waals surface area contributed by atoms with Crippen LogP contribution in [0.2, 0.25) is 0 Å². The van der Waals surface area contributed by atoms with E-state index in [2.05, 4.69) is 151 Å². The second-order valence-electron chi connectivity index (χ2n) is 17.0. The predicted molar refractivity (Wildman–Crippen MR) is 230 cm³/mol. The lowest BCUT2D eigenvalue weighted by molar-refractivity contribution is 0.130. The number of phenolic OH excluding ortho intramolecular Hbond substituents is 2. The number of phenols is 2. The zero-order valence-electron chi connectivity index (χ0n) is 33.6. The second-order valence-corrected chi connectivity index (χ2v) is 17.0. The minimum Gasteiger partial charge on any atom is -0.508 e. The average molecular weight is 743 g/mol. The highest BCUT2D eigenvalue weighted by atomic mass is 16.5. The average Bonchev–Trinajstić information content (AvgIpc) is 3.17. The summed E-state index contributed by atoms with van der Waals surface area (Å²) in [6.45, 7) is 12.5. The molecule has 0 spiro atoms. The number of hydrogen-bond donors (Lipinski definition) is 2. The molecular weight excluding hydrogens is 689 g/mol. The van der Waals surface area contributed by atoms with Crippen LogP contribution >= 0.6 is 0 Å². The maximum atomic E-state index is 9.76. The van der Waals surface area contributed by atoms with Crippen molar-refractivity contribution in [1.82, 2.24) is 0 Å². The Morgan fingerprint density at radius 2 is 1.05 bits per heavy atom. The van der Waals surface area contributed by atoms with Crippen LogP contribution in [0, 0.1) is 0 Å². The number of rotatable bonds is 6. The summed E-state index contributed by atoms with van der Waals surface area (Å²) < 4.78 is 12.2. The van der Waals surface area contributed by atoms with Crippen molar-refractivity contribution in [2.45, 2.75) is 90.3 Å². The molecule has 4 nitrogen and oxygen atoms in total. The maximum absolute atomic E-state index is 9.76. The Kier molecular flexibility index (Phi) is 11.1. The van der Waals surface area contributed by atoms with Crippen LogP contribution in [0.4, 0.5) is 0 Å². The topological polar surface area (TPSA) is 58.9 Å². The summed E-state index contributed by atoms with van der Waals surface area (Å²) in [4.78, 5) is 0. The maximum Gasteiger partial charge on any atom is 0.120 e. The van der Waals surface area contributed by atoms with Crippen molar-refractivity contribution in [3.8, 4) is 23.0 Å². The molecule has 2 aliphatic rings. The summed E-state index contributed by atoms with van der Waals surface area (Å²) in [6, 6.07) is 49.6. The summed E-state index contributed by atoms with van der Waals surface area (Å²) in [6.07, 6.45) is 4.11. The van der Waals surface area contributed by atoms with Gasteiger partial charge in [0.1, 0.15) is 34.2 Å². The van der Waals surface area contributed by atoms with Crippen molar-refractivity contribution < 1.29 is 19.7 Å². The lowest BCUT2D eigenvalue weighted by Crippen LogP contribution is -2.24. The number of allylic oxidation sites excluding steroid dienone is 1. The molecule has 0 radical (unpaired) electrons. The van der Waals surface area contributed by atoms with Gasteiger partial charge in [0, 0.05) is 5.92 Å². The minimum absolute atomic E-state index is 0.203. The van der Waals surface area contributed by atoms with E-state index in [9.17, 15) is 10.2 Å². The van der Waals surface area contributed by atoms with Crippen LogP contribution in [0.15, 0.2) is 146 Å². The molecule has 0 fully saturated rings. The van der Waals surface area contributed by atoms with Gasteiger partial charge in [0.05, 0.1) is 0 Å². The Morgan fingerprint density at radius 3 is 1.66 bits per heavy atom. The van der Waals surface area contributed by atoms with Gasteiger partial charge in [-0.3, -0.25) is 0 Å². The molecule has 286 valence electrons. The van der Waals surface area contributed by atoms with Gasteiger partial charge in [-0.05, 0) is 177 Å². The van der Waals surface area contributed by atoms with Crippen LogP contribution in [0.5, 0.6) is 23.0 Å². The molecule has 0 aliphatic heterocycles. The summed E-state index contributed by atoms with van der Waals surface area (Å²) in [5.41, 5.74) is 12.5. The van der Waals surface area contributed by atoms with Gasteiger partial charge < -0.3 is 19.7 Å². The second kappa shape index (κ2) is 16.2. The molecule has 0 aromatic heterocycles. The molecule has 56 heavy (non-hydrogen) atoms. The third-order valence-corrected chi connectivity index (χ3v) is 10.5. The number of benzene rings is 6. The highest BCUT2D eigenvalue weighted by Crippen LogP contribution is 2.47. The van der Waals surface area contributed by atoms with Gasteiger partial charge in [0.2, 0.25) is 0 Å². The molecule has 2 N–H and O–H groups in total. The van der Waals surface area contributed by atoms with Gasteiger partial charge in [-0.15, -0.1) is 0 Å². The van der Waals surface area contributed by atoms with Crippen molar-refractivity contribution in [3.05, 3.63) is 190 Å². The van der Waals surface area contributed by atoms with Crippen molar-refractivity contribution >= 4 is 11.1 Å². The third kappa shape index (κ3) is 9.20. The molecule has 0 heterocycles. The van der Waals surface area contributed by atoms with Crippen LogP contribution < -0.4 is 9.47 Å². The molecular formula is C52H54O4. The zero-order valence-corrected chi connectivity index (χ0v) is 33.6. The van der Waals surface area contributed by atoms with E-state index in [1.165, 1.54) is 50.1 Å². The standard InChI is InChI=1S/C26H28O2.C26H26O2/c2*1-26(2,3)28-22-14-16-24-20(17-22)11-15-23(18-7-5-4-6-8-18)25(24)19-9-12-21(27)13-10-19/h4-10,12-14,16-17,23,25,27H,11,15H2,1-3H3;4-10,12-14,16-17,27H,11,15H2,1-3H3/t23-,25+;/m1./s1. The van der Waals surface area contributed by atoms with Crippen LogP contribution in [-0.4, -0.2) is 21.4 Å². The van der Waals surface area contributed by atoms with Gasteiger partial charge in [-0.25, -0.2) is 0 Å². The Bertz CT molecular complexity index is 2270. The number of aromatic hydroxyl groups is 2. The summed E-state index contributed by atoms with van der Waals surface area (Å²) in [7, 11) is 0. The van der Waals surface area contributed by atoms with E-state index < -0.39 is 0 Å².